The number of carbonyl (C=O) groups is 2. The third-order valence-corrected chi connectivity index (χ3v) is 1.70. The van der Waals surface area contributed by atoms with Gasteiger partial charge in [0.1, 0.15) is 13.3 Å². The fourth-order valence-corrected chi connectivity index (χ4v) is 0.758. The number of rotatable bonds is 8. The molecule has 0 aromatic rings. The first-order chi connectivity index (χ1) is 7.06. The van der Waals surface area contributed by atoms with Crippen molar-refractivity contribution >= 4 is 11.7 Å². The number of hydrogen-bond acceptors (Lipinski definition) is 4. The minimum Gasteiger partial charge on any atom is -0.354 e. The van der Waals surface area contributed by atoms with Gasteiger partial charge in [0, 0.05) is 12.5 Å². The van der Waals surface area contributed by atoms with E-state index in [0.717, 1.165) is 0 Å². The normalized spacial score (nSPS) is 10.4. The standard InChI is InChI=1S/C10H20N2O3/c1-4-9(13)6-15-7-12-10(14)5-11-8(2)3/h8,11H,4-7H2,1-3H3,(H,12,14). The van der Waals surface area contributed by atoms with Gasteiger partial charge in [-0.25, -0.2) is 0 Å². The van der Waals surface area contributed by atoms with Crippen molar-refractivity contribution in [3.8, 4) is 0 Å². The summed E-state index contributed by atoms with van der Waals surface area (Å²) in [4.78, 5) is 21.9. The molecule has 0 rings (SSSR count). The Labute approximate surface area is 90.6 Å². The summed E-state index contributed by atoms with van der Waals surface area (Å²) in [6, 6.07) is 0.276. The van der Waals surface area contributed by atoms with Crippen LogP contribution < -0.4 is 10.6 Å². The fraction of sp³-hybridized carbons (Fsp3) is 0.800. The van der Waals surface area contributed by atoms with E-state index in [1.54, 1.807) is 6.92 Å². The van der Waals surface area contributed by atoms with Crippen LogP contribution in [0.4, 0.5) is 0 Å². The van der Waals surface area contributed by atoms with Crippen molar-refractivity contribution in [1.82, 2.24) is 10.6 Å². The summed E-state index contributed by atoms with van der Waals surface area (Å²) in [7, 11) is 0. The second kappa shape index (κ2) is 8.38. The zero-order valence-corrected chi connectivity index (χ0v) is 9.63. The number of ether oxygens (including phenoxy) is 1. The highest BCUT2D eigenvalue weighted by Gasteiger charge is 2.02. The van der Waals surface area contributed by atoms with Gasteiger partial charge in [-0.2, -0.15) is 0 Å². The molecule has 0 aromatic carbocycles. The van der Waals surface area contributed by atoms with Crippen molar-refractivity contribution in [3.63, 3.8) is 0 Å². The molecule has 0 aromatic heterocycles. The summed E-state index contributed by atoms with van der Waals surface area (Å²) < 4.78 is 4.95. The monoisotopic (exact) mass is 216 g/mol. The molecule has 0 spiro atoms. The number of ketones is 1. The van der Waals surface area contributed by atoms with Crippen molar-refractivity contribution in [3.05, 3.63) is 0 Å². The summed E-state index contributed by atoms with van der Waals surface area (Å²) in [6.07, 6.45) is 0.461. The molecule has 0 heterocycles. The first kappa shape index (κ1) is 14.1. The van der Waals surface area contributed by atoms with Gasteiger partial charge in [-0.1, -0.05) is 20.8 Å². The van der Waals surface area contributed by atoms with Gasteiger partial charge in [0.25, 0.3) is 0 Å². The third kappa shape index (κ3) is 9.37. The second-order valence-electron chi connectivity index (χ2n) is 3.52. The first-order valence-electron chi connectivity index (χ1n) is 5.15. The van der Waals surface area contributed by atoms with Crippen LogP contribution in [-0.2, 0) is 14.3 Å². The Hall–Kier alpha value is -0.940. The molecule has 0 aliphatic carbocycles. The van der Waals surface area contributed by atoms with Gasteiger partial charge in [0.2, 0.25) is 5.91 Å². The Morgan fingerprint density at radius 3 is 2.53 bits per heavy atom. The number of hydrogen-bond donors (Lipinski definition) is 2. The van der Waals surface area contributed by atoms with Gasteiger partial charge in [-0.05, 0) is 0 Å². The molecule has 0 saturated carbocycles. The van der Waals surface area contributed by atoms with Crippen LogP contribution in [0.25, 0.3) is 0 Å². The second-order valence-corrected chi connectivity index (χ2v) is 3.52. The lowest BCUT2D eigenvalue weighted by atomic mass is 10.3. The zero-order chi connectivity index (χ0) is 11.7. The number of nitrogens with one attached hydrogen (secondary N) is 2. The van der Waals surface area contributed by atoms with Gasteiger partial charge >= 0.3 is 0 Å². The molecule has 5 heteroatoms. The van der Waals surface area contributed by atoms with Crippen LogP contribution in [-0.4, -0.2) is 37.6 Å². The quantitative estimate of drug-likeness (QED) is 0.444. The molecule has 1 amide bonds. The van der Waals surface area contributed by atoms with Crippen molar-refractivity contribution in [2.75, 3.05) is 19.9 Å². The van der Waals surface area contributed by atoms with E-state index in [4.69, 9.17) is 4.74 Å². The minimum absolute atomic E-state index is 0.0320. The van der Waals surface area contributed by atoms with Crippen LogP contribution in [0.5, 0.6) is 0 Å². The Bertz CT molecular complexity index is 205. The molecule has 2 N–H and O–H groups in total. The van der Waals surface area contributed by atoms with E-state index in [9.17, 15) is 9.59 Å². The largest absolute Gasteiger partial charge is 0.354 e. The summed E-state index contributed by atoms with van der Waals surface area (Å²) in [5.74, 6) is -0.0998. The highest BCUT2D eigenvalue weighted by Crippen LogP contribution is 1.81. The van der Waals surface area contributed by atoms with Gasteiger partial charge in [0.05, 0.1) is 6.54 Å². The Kier molecular flexibility index (Phi) is 7.85. The molecule has 0 aliphatic heterocycles. The molecule has 0 saturated heterocycles. The van der Waals surface area contributed by atoms with Gasteiger partial charge in [-0.3, -0.25) is 9.59 Å². The number of Topliss-reactive ketones (excluding diaryl/α,β-unsaturated/α-hetero) is 1. The Morgan fingerprint density at radius 1 is 1.33 bits per heavy atom. The lowest BCUT2D eigenvalue weighted by Gasteiger charge is -2.08. The summed E-state index contributed by atoms with van der Waals surface area (Å²) in [6.45, 7) is 6.12. The van der Waals surface area contributed by atoms with Crippen molar-refractivity contribution in [1.29, 1.82) is 0 Å². The maximum Gasteiger partial charge on any atom is 0.235 e. The molecule has 0 radical (unpaired) electrons. The topological polar surface area (TPSA) is 67.4 Å². The van der Waals surface area contributed by atoms with Crippen LogP contribution in [0.3, 0.4) is 0 Å². The SMILES string of the molecule is CCC(=O)COCNC(=O)CNC(C)C. The summed E-state index contributed by atoms with van der Waals surface area (Å²) in [5, 5.41) is 5.51. The van der Waals surface area contributed by atoms with E-state index in [1.807, 2.05) is 13.8 Å². The average molecular weight is 216 g/mol. The Balaban J connectivity index is 3.35. The molecular weight excluding hydrogens is 196 g/mol. The number of carbonyl (C=O) groups excluding carboxylic acids is 2. The zero-order valence-electron chi connectivity index (χ0n) is 9.63. The van der Waals surface area contributed by atoms with Gasteiger partial charge in [0.15, 0.2) is 5.78 Å². The predicted octanol–water partition coefficient (Wildman–Crippen LogP) is 0.0538. The smallest absolute Gasteiger partial charge is 0.235 e. The van der Waals surface area contributed by atoms with Crippen LogP contribution >= 0.6 is 0 Å². The highest BCUT2D eigenvalue weighted by molar-refractivity contribution is 5.79. The highest BCUT2D eigenvalue weighted by atomic mass is 16.5. The molecular formula is C10H20N2O3. The van der Waals surface area contributed by atoms with Crippen molar-refractivity contribution in [2.24, 2.45) is 0 Å². The van der Waals surface area contributed by atoms with Crippen LogP contribution in [0, 0.1) is 0 Å². The molecule has 0 fully saturated rings. The van der Waals surface area contributed by atoms with E-state index in [2.05, 4.69) is 10.6 Å². The van der Waals surface area contributed by atoms with E-state index in [1.165, 1.54) is 0 Å². The van der Waals surface area contributed by atoms with Crippen LogP contribution in [0.15, 0.2) is 0 Å². The van der Waals surface area contributed by atoms with E-state index in [0.29, 0.717) is 6.42 Å². The van der Waals surface area contributed by atoms with Crippen molar-refractivity contribution in [2.45, 2.75) is 33.2 Å². The van der Waals surface area contributed by atoms with Crippen LogP contribution in [0.1, 0.15) is 27.2 Å². The average Bonchev–Trinajstić information content (AvgIpc) is 2.21. The first-order valence-corrected chi connectivity index (χ1v) is 5.15. The third-order valence-electron chi connectivity index (χ3n) is 1.70. The fourth-order valence-electron chi connectivity index (χ4n) is 0.758. The molecule has 88 valence electrons. The van der Waals surface area contributed by atoms with E-state index < -0.39 is 0 Å². The molecule has 0 bridgehead atoms. The molecule has 15 heavy (non-hydrogen) atoms. The van der Waals surface area contributed by atoms with Crippen molar-refractivity contribution < 1.29 is 14.3 Å². The van der Waals surface area contributed by atoms with E-state index >= 15 is 0 Å². The lowest BCUT2D eigenvalue weighted by Crippen LogP contribution is -2.38. The van der Waals surface area contributed by atoms with Gasteiger partial charge < -0.3 is 15.4 Å². The van der Waals surface area contributed by atoms with Crippen LogP contribution in [0.2, 0.25) is 0 Å². The van der Waals surface area contributed by atoms with E-state index in [-0.39, 0.29) is 37.6 Å². The predicted molar refractivity (Wildman–Crippen MR) is 57.4 cm³/mol. The summed E-state index contributed by atoms with van der Waals surface area (Å²) in [5.41, 5.74) is 0. The lowest BCUT2D eigenvalue weighted by molar-refractivity contribution is -0.127. The molecule has 0 atom stereocenters. The Morgan fingerprint density at radius 2 is 2.00 bits per heavy atom. The molecule has 0 aliphatic rings. The number of amides is 1. The molecule has 5 nitrogen and oxygen atoms in total. The minimum atomic E-state index is -0.132. The molecule has 0 unspecified atom stereocenters. The maximum atomic E-state index is 11.1. The van der Waals surface area contributed by atoms with Gasteiger partial charge in [-0.15, -0.1) is 0 Å². The summed E-state index contributed by atoms with van der Waals surface area (Å²) >= 11 is 0. The maximum absolute atomic E-state index is 11.1.